The second-order valence-corrected chi connectivity index (χ2v) is 17.5. The maximum absolute atomic E-state index is 6.13. The molecule has 3 atom stereocenters. The number of benzene rings is 4. The third-order valence-electron chi connectivity index (χ3n) is 12.7. The number of hydrogen-bond acceptors (Lipinski definition) is 2. The van der Waals surface area contributed by atoms with E-state index in [9.17, 15) is 0 Å². The van der Waals surface area contributed by atoms with Gasteiger partial charge in [0, 0.05) is 23.2 Å². The fourth-order valence-electron chi connectivity index (χ4n) is 9.02. The summed E-state index contributed by atoms with van der Waals surface area (Å²) < 4.78 is 0. The minimum atomic E-state index is 0.417. The van der Waals surface area contributed by atoms with Crippen molar-refractivity contribution in [2.24, 2.45) is 0 Å². The van der Waals surface area contributed by atoms with Gasteiger partial charge in [-0.1, -0.05) is 228 Å². The Morgan fingerprint density at radius 1 is 0.316 bits per heavy atom. The molecule has 0 aromatic heterocycles. The summed E-state index contributed by atoms with van der Waals surface area (Å²) in [6.45, 7) is 6.92. The molecule has 0 aliphatic carbocycles. The van der Waals surface area contributed by atoms with Crippen LogP contribution in [-0.4, -0.2) is 0 Å². The summed E-state index contributed by atoms with van der Waals surface area (Å²) in [6.07, 6.45) is 33.1. The molecule has 4 rings (SSSR count). The molecular formula is C55H82N2. The first-order valence-corrected chi connectivity index (χ1v) is 23.9. The van der Waals surface area contributed by atoms with E-state index in [-0.39, 0.29) is 0 Å². The second kappa shape index (κ2) is 28.0. The van der Waals surface area contributed by atoms with Crippen molar-refractivity contribution < 1.29 is 0 Å². The SMILES string of the molecule is CCCCCCCCCCCC(c1ccc(N)cc1)c1ccc(CC(CCCCC)c2ccc(C(CCCCCCCCCCC)c3ccc(N)cc3)cc2)cc1. The maximum atomic E-state index is 6.13. The molecule has 0 saturated heterocycles. The van der Waals surface area contributed by atoms with Gasteiger partial charge in [-0.2, -0.15) is 0 Å². The Bertz CT molecular complexity index is 1550. The Morgan fingerprint density at radius 2 is 0.596 bits per heavy atom. The third kappa shape index (κ3) is 17.5. The summed E-state index contributed by atoms with van der Waals surface area (Å²) in [5.41, 5.74) is 22.6. The summed E-state index contributed by atoms with van der Waals surface area (Å²) in [5, 5.41) is 0. The highest BCUT2D eigenvalue weighted by atomic mass is 14.5. The largest absolute Gasteiger partial charge is 0.399 e. The van der Waals surface area contributed by atoms with Crippen molar-refractivity contribution in [2.45, 2.75) is 199 Å². The van der Waals surface area contributed by atoms with Crippen LogP contribution in [0.2, 0.25) is 0 Å². The summed E-state index contributed by atoms with van der Waals surface area (Å²) in [4.78, 5) is 0. The van der Waals surface area contributed by atoms with Gasteiger partial charge in [0.1, 0.15) is 0 Å². The zero-order chi connectivity index (χ0) is 40.3. The zero-order valence-corrected chi connectivity index (χ0v) is 36.8. The molecule has 0 amide bonds. The van der Waals surface area contributed by atoms with Crippen molar-refractivity contribution in [3.63, 3.8) is 0 Å². The van der Waals surface area contributed by atoms with Gasteiger partial charge in [-0.05, 0) is 89.2 Å². The van der Waals surface area contributed by atoms with Gasteiger partial charge in [-0.25, -0.2) is 0 Å². The first-order valence-electron chi connectivity index (χ1n) is 23.9. The summed E-state index contributed by atoms with van der Waals surface area (Å²) in [5.74, 6) is 1.36. The molecule has 2 heteroatoms. The van der Waals surface area contributed by atoms with Crippen LogP contribution in [0.1, 0.15) is 226 Å². The average molecular weight is 771 g/mol. The maximum Gasteiger partial charge on any atom is 0.0314 e. The highest BCUT2D eigenvalue weighted by Gasteiger charge is 2.19. The lowest BCUT2D eigenvalue weighted by Gasteiger charge is -2.22. The van der Waals surface area contributed by atoms with Crippen molar-refractivity contribution in [2.75, 3.05) is 11.5 Å². The molecule has 4 aromatic rings. The van der Waals surface area contributed by atoms with Gasteiger partial charge in [0.15, 0.2) is 0 Å². The molecule has 57 heavy (non-hydrogen) atoms. The highest BCUT2D eigenvalue weighted by molar-refractivity contribution is 5.44. The van der Waals surface area contributed by atoms with E-state index in [2.05, 4.69) is 118 Å². The van der Waals surface area contributed by atoms with E-state index in [1.807, 2.05) is 0 Å². The van der Waals surface area contributed by atoms with Crippen molar-refractivity contribution in [3.8, 4) is 0 Å². The van der Waals surface area contributed by atoms with Gasteiger partial charge in [-0.15, -0.1) is 0 Å². The third-order valence-corrected chi connectivity index (χ3v) is 12.7. The van der Waals surface area contributed by atoms with Crippen LogP contribution < -0.4 is 11.5 Å². The van der Waals surface area contributed by atoms with Gasteiger partial charge in [-0.3, -0.25) is 0 Å². The predicted molar refractivity (Wildman–Crippen MR) is 253 cm³/mol. The fourth-order valence-corrected chi connectivity index (χ4v) is 9.02. The van der Waals surface area contributed by atoms with Crippen LogP contribution in [-0.2, 0) is 6.42 Å². The van der Waals surface area contributed by atoms with Crippen LogP contribution in [0.25, 0.3) is 0 Å². The first-order chi connectivity index (χ1) is 28.0. The number of rotatable bonds is 31. The fraction of sp³-hybridized carbons (Fsp3) is 0.564. The van der Waals surface area contributed by atoms with E-state index in [0.29, 0.717) is 17.8 Å². The predicted octanol–water partition coefficient (Wildman–Crippen LogP) is 16.9. The molecule has 2 nitrogen and oxygen atoms in total. The summed E-state index contributed by atoms with van der Waals surface area (Å²) in [6, 6.07) is 36.9. The monoisotopic (exact) mass is 771 g/mol. The Balaban J connectivity index is 1.41. The standard InChI is InChI=1S/C55H82N2/c1-4-7-10-12-14-16-18-20-23-26-54(49-36-40-52(56)41-37-49)47-30-28-45(29-31-47)44-51(25-22-9-6-3)46-32-34-48(35-33-46)55(50-38-42-53(57)43-39-50)27-24-21-19-17-15-13-11-8-5-2/h28-43,51,54-55H,4-27,44,56-57H2,1-3H3. The van der Waals surface area contributed by atoms with Crippen LogP contribution in [0.3, 0.4) is 0 Å². The number of hydrogen-bond donors (Lipinski definition) is 2. The van der Waals surface area contributed by atoms with Crippen LogP contribution >= 0.6 is 0 Å². The van der Waals surface area contributed by atoms with Gasteiger partial charge in [0.25, 0.3) is 0 Å². The van der Waals surface area contributed by atoms with Crippen LogP contribution in [0, 0.1) is 0 Å². The number of anilines is 2. The first kappa shape index (κ1) is 46.2. The van der Waals surface area contributed by atoms with Gasteiger partial charge >= 0.3 is 0 Å². The Labute approximate surface area is 351 Å². The van der Waals surface area contributed by atoms with Gasteiger partial charge in [0.05, 0.1) is 0 Å². The number of unbranched alkanes of at least 4 members (excludes halogenated alkanes) is 18. The van der Waals surface area contributed by atoms with E-state index < -0.39 is 0 Å². The van der Waals surface area contributed by atoms with Gasteiger partial charge in [0.2, 0.25) is 0 Å². The number of nitrogens with two attached hydrogens (primary N) is 2. The molecule has 0 aliphatic rings. The molecule has 0 heterocycles. The highest BCUT2D eigenvalue weighted by Crippen LogP contribution is 2.35. The lowest BCUT2D eigenvalue weighted by molar-refractivity contribution is 0.544. The molecule has 3 unspecified atom stereocenters. The Kier molecular flexibility index (Phi) is 22.7. The van der Waals surface area contributed by atoms with Crippen LogP contribution in [0.15, 0.2) is 97.1 Å². The molecule has 0 spiro atoms. The molecule has 4 aromatic carbocycles. The molecule has 0 saturated carbocycles. The van der Waals surface area contributed by atoms with E-state index in [4.69, 9.17) is 11.5 Å². The van der Waals surface area contributed by atoms with E-state index in [1.54, 1.807) is 0 Å². The van der Waals surface area contributed by atoms with Crippen molar-refractivity contribution in [3.05, 3.63) is 130 Å². The second-order valence-electron chi connectivity index (χ2n) is 17.5. The van der Waals surface area contributed by atoms with Crippen LogP contribution in [0.4, 0.5) is 11.4 Å². The van der Waals surface area contributed by atoms with Crippen molar-refractivity contribution in [1.29, 1.82) is 0 Å². The molecule has 4 N–H and O–H groups in total. The minimum Gasteiger partial charge on any atom is -0.399 e. The normalized spacial score (nSPS) is 13.1. The van der Waals surface area contributed by atoms with Crippen molar-refractivity contribution in [1.82, 2.24) is 0 Å². The quantitative estimate of drug-likeness (QED) is 0.0395. The molecule has 0 aliphatic heterocycles. The van der Waals surface area contributed by atoms with Crippen LogP contribution in [0.5, 0.6) is 0 Å². The van der Waals surface area contributed by atoms with E-state index >= 15 is 0 Å². The Morgan fingerprint density at radius 3 is 0.982 bits per heavy atom. The molecular weight excluding hydrogens is 689 g/mol. The van der Waals surface area contributed by atoms with E-state index in [0.717, 1.165) is 17.8 Å². The van der Waals surface area contributed by atoms with Crippen molar-refractivity contribution >= 4 is 11.4 Å². The lowest BCUT2D eigenvalue weighted by atomic mass is 9.83. The van der Waals surface area contributed by atoms with Gasteiger partial charge < -0.3 is 11.5 Å². The summed E-state index contributed by atoms with van der Waals surface area (Å²) in [7, 11) is 0. The molecule has 312 valence electrons. The Hall–Kier alpha value is -3.52. The average Bonchev–Trinajstić information content (AvgIpc) is 3.23. The molecule has 0 fully saturated rings. The summed E-state index contributed by atoms with van der Waals surface area (Å²) >= 11 is 0. The van der Waals surface area contributed by atoms with E-state index in [1.165, 1.54) is 187 Å². The molecule has 0 radical (unpaired) electrons. The topological polar surface area (TPSA) is 52.0 Å². The zero-order valence-electron chi connectivity index (χ0n) is 36.8. The number of nitrogen functional groups attached to an aromatic ring is 2. The molecule has 0 bridgehead atoms. The minimum absolute atomic E-state index is 0.417. The smallest absolute Gasteiger partial charge is 0.0314 e. The lowest BCUT2D eigenvalue weighted by Crippen LogP contribution is -2.06.